The fraction of sp³-hybridized carbons (Fsp3) is 0.435. The van der Waals surface area contributed by atoms with Gasteiger partial charge in [-0.25, -0.2) is 9.50 Å². The summed E-state index contributed by atoms with van der Waals surface area (Å²) in [4.78, 5) is 33.6. The highest BCUT2D eigenvalue weighted by molar-refractivity contribution is 7.98. The number of amides is 2. The topological polar surface area (TPSA) is 111 Å². The summed E-state index contributed by atoms with van der Waals surface area (Å²) >= 11 is 1.43. The van der Waals surface area contributed by atoms with Crippen molar-refractivity contribution < 1.29 is 14.3 Å². The minimum absolute atomic E-state index is 0.0557. The Labute approximate surface area is 197 Å². The first-order valence-electron chi connectivity index (χ1n) is 11.0. The van der Waals surface area contributed by atoms with Crippen LogP contribution in [0, 0.1) is 13.8 Å². The fourth-order valence-corrected chi connectivity index (χ4v) is 3.69. The van der Waals surface area contributed by atoms with Gasteiger partial charge in [0, 0.05) is 22.5 Å². The van der Waals surface area contributed by atoms with Gasteiger partial charge < -0.3 is 4.74 Å². The maximum atomic E-state index is 12.5. The number of thioether (sulfide) groups is 1. The van der Waals surface area contributed by atoms with Gasteiger partial charge in [-0.3, -0.25) is 20.4 Å². The molecule has 0 spiro atoms. The highest BCUT2D eigenvalue weighted by Crippen LogP contribution is 2.17. The Kier molecular flexibility index (Phi) is 8.65. The van der Waals surface area contributed by atoms with Gasteiger partial charge in [-0.1, -0.05) is 37.9 Å². The maximum Gasteiger partial charge on any atom is 0.269 e. The van der Waals surface area contributed by atoms with Gasteiger partial charge in [-0.05, 0) is 50.8 Å². The van der Waals surface area contributed by atoms with E-state index in [0.29, 0.717) is 28.8 Å². The van der Waals surface area contributed by atoms with E-state index in [2.05, 4.69) is 32.8 Å². The number of aryl methyl sites for hydroxylation is 2. The Morgan fingerprint density at radius 1 is 1.06 bits per heavy atom. The predicted octanol–water partition coefficient (Wildman–Crippen LogP) is 3.43. The lowest BCUT2D eigenvalue weighted by atomic mass is 10.1. The molecule has 1 aromatic carbocycles. The zero-order valence-electron chi connectivity index (χ0n) is 19.5. The molecule has 0 radical (unpaired) electrons. The van der Waals surface area contributed by atoms with Crippen molar-refractivity contribution in [2.75, 3.05) is 12.9 Å². The molecule has 0 saturated heterocycles. The van der Waals surface area contributed by atoms with E-state index < -0.39 is 5.91 Å². The van der Waals surface area contributed by atoms with Crippen LogP contribution < -0.4 is 15.6 Å². The van der Waals surface area contributed by atoms with Crippen molar-refractivity contribution in [1.82, 2.24) is 30.4 Å². The van der Waals surface area contributed by atoms with Gasteiger partial charge in [0.1, 0.15) is 5.75 Å². The molecule has 176 valence electrons. The summed E-state index contributed by atoms with van der Waals surface area (Å²) in [5.41, 5.74) is 7.59. The molecule has 0 saturated carbocycles. The molecule has 10 heteroatoms. The summed E-state index contributed by atoms with van der Waals surface area (Å²) in [5, 5.41) is 5.00. The SMILES string of the molecule is CCCCCCOc1ccc(C(=O)NNC(=O)Cc2c(C)nc3nc(SC)nn3c2C)cc1. The highest BCUT2D eigenvalue weighted by Gasteiger charge is 2.16. The van der Waals surface area contributed by atoms with Crippen LogP contribution in [-0.4, -0.2) is 44.3 Å². The lowest BCUT2D eigenvalue weighted by Gasteiger charge is -2.12. The molecule has 0 aliphatic carbocycles. The number of nitrogens with one attached hydrogen (secondary N) is 2. The number of carbonyl (C=O) groups excluding carboxylic acids is 2. The molecule has 3 aromatic rings. The monoisotopic (exact) mass is 470 g/mol. The molecule has 2 amide bonds. The first-order valence-corrected chi connectivity index (χ1v) is 12.2. The molecule has 2 aromatic heterocycles. The zero-order chi connectivity index (χ0) is 23.8. The molecule has 33 heavy (non-hydrogen) atoms. The Morgan fingerprint density at radius 3 is 2.52 bits per heavy atom. The number of nitrogens with zero attached hydrogens (tertiary/aromatic N) is 4. The number of benzene rings is 1. The van der Waals surface area contributed by atoms with Crippen LogP contribution in [0.1, 0.15) is 59.9 Å². The lowest BCUT2D eigenvalue weighted by Crippen LogP contribution is -2.42. The molecule has 2 heterocycles. The van der Waals surface area contributed by atoms with Gasteiger partial charge in [0.15, 0.2) is 0 Å². The van der Waals surface area contributed by atoms with Crippen LogP contribution in [0.4, 0.5) is 0 Å². The Hall–Kier alpha value is -3.14. The van der Waals surface area contributed by atoms with Gasteiger partial charge in [0.05, 0.1) is 13.0 Å². The summed E-state index contributed by atoms with van der Waals surface area (Å²) in [5.74, 6) is 0.465. The second kappa shape index (κ2) is 11.6. The summed E-state index contributed by atoms with van der Waals surface area (Å²) in [6.45, 7) is 6.53. The first kappa shape index (κ1) is 24.5. The van der Waals surface area contributed by atoms with E-state index in [1.165, 1.54) is 24.6 Å². The van der Waals surface area contributed by atoms with Crippen molar-refractivity contribution in [2.24, 2.45) is 0 Å². The van der Waals surface area contributed by atoms with Crippen LogP contribution in [-0.2, 0) is 11.2 Å². The third kappa shape index (κ3) is 6.44. The number of hydrogen-bond donors (Lipinski definition) is 2. The number of unbranched alkanes of at least 4 members (excludes halogenated alkanes) is 3. The second-order valence-electron chi connectivity index (χ2n) is 7.68. The number of fused-ring (bicyclic) bond motifs is 1. The molecule has 9 nitrogen and oxygen atoms in total. The lowest BCUT2D eigenvalue weighted by molar-refractivity contribution is -0.121. The van der Waals surface area contributed by atoms with E-state index in [-0.39, 0.29) is 12.3 Å². The van der Waals surface area contributed by atoms with E-state index in [1.807, 2.05) is 20.1 Å². The summed E-state index contributed by atoms with van der Waals surface area (Å²) in [7, 11) is 0. The maximum absolute atomic E-state index is 12.5. The van der Waals surface area contributed by atoms with Crippen molar-refractivity contribution in [3.63, 3.8) is 0 Å². The number of ether oxygens (including phenoxy) is 1. The van der Waals surface area contributed by atoms with Crippen molar-refractivity contribution in [3.05, 3.63) is 46.8 Å². The molecular formula is C23H30N6O3S. The van der Waals surface area contributed by atoms with Gasteiger partial charge in [-0.15, -0.1) is 5.10 Å². The van der Waals surface area contributed by atoms with Crippen LogP contribution >= 0.6 is 11.8 Å². The average molecular weight is 471 g/mol. The third-order valence-corrected chi connectivity index (χ3v) is 5.79. The van der Waals surface area contributed by atoms with Crippen LogP contribution in [0.3, 0.4) is 0 Å². The summed E-state index contributed by atoms with van der Waals surface area (Å²) in [6, 6.07) is 6.85. The van der Waals surface area contributed by atoms with Gasteiger partial charge in [-0.2, -0.15) is 4.98 Å². The summed E-state index contributed by atoms with van der Waals surface area (Å²) < 4.78 is 7.33. The summed E-state index contributed by atoms with van der Waals surface area (Å²) in [6.07, 6.45) is 6.50. The van der Waals surface area contributed by atoms with Gasteiger partial charge in [0.2, 0.25) is 11.1 Å². The fourth-order valence-electron chi connectivity index (χ4n) is 3.36. The third-order valence-electron chi connectivity index (χ3n) is 5.25. The van der Waals surface area contributed by atoms with Crippen LogP contribution in [0.15, 0.2) is 29.4 Å². The number of hydrogen-bond acceptors (Lipinski definition) is 7. The number of aromatic nitrogens is 4. The van der Waals surface area contributed by atoms with E-state index in [9.17, 15) is 9.59 Å². The minimum atomic E-state index is -0.402. The van der Waals surface area contributed by atoms with E-state index in [0.717, 1.165) is 29.8 Å². The zero-order valence-corrected chi connectivity index (χ0v) is 20.3. The quantitative estimate of drug-likeness (QED) is 0.265. The predicted molar refractivity (Wildman–Crippen MR) is 127 cm³/mol. The first-order chi connectivity index (χ1) is 15.9. The molecule has 0 unspecified atom stereocenters. The molecule has 0 atom stereocenters. The standard InChI is InChI=1S/C23H30N6O3S/c1-5-6-7-8-13-32-18-11-9-17(10-12-18)21(31)27-26-20(30)14-19-15(2)24-22-25-23(33-4)28-29(22)16(19)3/h9-12H,5-8,13-14H2,1-4H3,(H,26,30)(H,27,31). The van der Waals surface area contributed by atoms with Crippen molar-refractivity contribution >= 4 is 29.4 Å². The smallest absolute Gasteiger partial charge is 0.269 e. The number of hydrazine groups is 1. The molecule has 0 fully saturated rings. The number of carbonyl (C=O) groups is 2. The molecule has 0 aliphatic rings. The molecule has 3 rings (SSSR count). The van der Waals surface area contributed by atoms with E-state index >= 15 is 0 Å². The minimum Gasteiger partial charge on any atom is -0.494 e. The second-order valence-corrected chi connectivity index (χ2v) is 8.46. The Morgan fingerprint density at radius 2 is 1.82 bits per heavy atom. The molecule has 2 N–H and O–H groups in total. The van der Waals surface area contributed by atoms with Gasteiger partial charge >= 0.3 is 0 Å². The normalized spacial score (nSPS) is 10.9. The van der Waals surface area contributed by atoms with E-state index in [1.54, 1.807) is 28.8 Å². The van der Waals surface area contributed by atoms with Crippen molar-refractivity contribution in [1.29, 1.82) is 0 Å². The Bertz CT molecular complexity index is 1110. The largest absolute Gasteiger partial charge is 0.494 e. The van der Waals surface area contributed by atoms with Crippen LogP contribution in [0.25, 0.3) is 5.78 Å². The highest BCUT2D eigenvalue weighted by atomic mass is 32.2. The molecule has 0 bridgehead atoms. The average Bonchev–Trinajstić information content (AvgIpc) is 3.23. The van der Waals surface area contributed by atoms with Crippen molar-refractivity contribution in [2.45, 2.75) is 58.0 Å². The van der Waals surface area contributed by atoms with Gasteiger partial charge in [0.25, 0.3) is 11.7 Å². The Balaban J connectivity index is 1.53. The van der Waals surface area contributed by atoms with Crippen LogP contribution in [0.2, 0.25) is 0 Å². The molecule has 0 aliphatic heterocycles. The van der Waals surface area contributed by atoms with Crippen molar-refractivity contribution in [3.8, 4) is 5.75 Å². The van der Waals surface area contributed by atoms with E-state index in [4.69, 9.17) is 4.74 Å². The number of rotatable bonds is 10. The van der Waals surface area contributed by atoms with Crippen LogP contribution in [0.5, 0.6) is 5.75 Å². The molecular weight excluding hydrogens is 440 g/mol.